The van der Waals surface area contributed by atoms with E-state index in [-0.39, 0.29) is 22.6 Å². The summed E-state index contributed by atoms with van der Waals surface area (Å²) in [6, 6.07) is 2.99. The Morgan fingerprint density at radius 1 is 1.40 bits per heavy atom. The monoisotopic (exact) mass is 384 g/mol. The summed E-state index contributed by atoms with van der Waals surface area (Å²) in [7, 11) is -3.67. The first-order valence-corrected chi connectivity index (χ1v) is 9.62. The second-order valence-electron chi connectivity index (χ2n) is 6.03. The molecule has 0 radical (unpaired) electrons. The van der Waals surface area contributed by atoms with Crippen molar-refractivity contribution in [1.29, 1.82) is 0 Å². The second kappa shape index (κ2) is 6.78. The zero-order valence-electron chi connectivity index (χ0n) is 13.8. The van der Waals surface area contributed by atoms with Crippen LogP contribution in [-0.4, -0.2) is 29.5 Å². The number of imidazole rings is 1. The largest absolute Gasteiger partial charge is 0.361 e. The quantitative estimate of drug-likeness (QED) is 0.684. The van der Waals surface area contributed by atoms with Crippen molar-refractivity contribution in [3.05, 3.63) is 47.3 Å². The predicted molar refractivity (Wildman–Crippen MR) is 94.8 cm³/mol. The van der Waals surface area contributed by atoms with Gasteiger partial charge in [-0.15, -0.1) is 0 Å². The van der Waals surface area contributed by atoms with E-state index < -0.39 is 15.8 Å². The van der Waals surface area contributed by atoms with Gasteiger partial charge in [0.25, 0.3) is 10.0 Å². The lowest BCUT2D eigenvalue weighted by Crippen LogP contribution is -2.26. The van der Waals surface area contributed by atoms with E-state index in [0.29, 0.717) is 11.9 Å². The fraction of sp³-hybridized carbons (Fsp3) is 0.312. The van der Waals surface area contributed by atoms with Gasteiger partial charge in [-0.25, -0.2) is 22.5 Å². The van der Waals surface area contributed by atoms with Crippen molar-refractivity contribution in [2.45, 2.75) is 31.3 Å². The average molecular weight is 385 g/mol. The van der Waals surface area contributed by atoms with E-state index in [1.54, 1.807) is 10.8 Å². The van der Waals surface area contributed by atoms with E-state index in [9.17, 15) is 12.8 Å². The number of H-pyrrole nitrogens is 1. The van der Waals surface area contributed by atoms with Crippen LogP contribution in [0.4, 0.5) is 4.39 Å². The number of benzene rings is 1. The van der Waals surface area contributed by atoms with E-state index in [2.05, 4.69) is 14.7 Å². The van der Waals surface area contributed by atoms with Crippen molar-refractivity contribution < 1.29 is 12.8 Å². The van der Waals surface area contributed by atoms with Gasteiger partial charge in [-0.1, -0.05) is 11.6 Å². The maximum Gasteiger partial charge on any atom is 0.259 e. The highest BCUT2D eigenvalue weighted by atomic mass is 35.5. The van der Waals surface area contributed by atoms with Crippen molar-refractivity contribution in [2.24, 2.45) is 0 Å². The molecule has 9 heteroatoms. The van der Waals surface area contributed by atoms with Gasteiger partial charge < -0.3 is 9.55 Å². The van der Waals surface area contributed by atoms with Gasteiger partial charge in [0.2, 0.25) is 0 Å². The van der Waals surface area contributed by atoms with Crippen LogP contribution in [0.1, 0.15) is 25.5 Å². The van der Waals surface area contributed by atoms with E-state index in [1.807, 2.05) is 13.8 Å². The fourth-order valence-corrected chi connectivity index (χ4v) is 3.64. The molecule has 2 aromatic heterocycles. The molecule has 0 fully saturated rings. The highest BCUT2D eigenvalue weighted by Gasteiger charge is 2.18. The molecule has 0 aliphatic carbocycles. The van der Waals surface area contributed by atoms with Crippen molar-refractivity contribution >= 4 is 32.5 Å². The van der Waals surface area contributed by atoms with Crippen molar-refractivity contribution in [1.82, 2.24) is 19.3 Å². The number of halogens is 2. The van der Waals surface area contributed by atoms with E-state index in [1.165, 1.54) is 24.7 Å². The molecule has 3 rings (SSSR count). The molecule has 0 spiro atoms. The molecule has 134 valence electrons. The van der Waals surface area contributed by atoms with E-state index >= 15 is 0 Å². The summed E-state index contributed by atoms with van der Waals surface area (Å²) in [4.78, 5) is 6.90. The third-order valence-electron chi connectivity index (χ3n) is 3.94. The molecule has 25 heavy (non-hydrogen) atoms. The fourth-order valence-electron chi connectivity index (χ4n) is 2.51. The van der Waals surface area contributed by atoms with Gasteiger partial charge in [0.1, 0.15) is 5.82 Å². The Hall–Kier alpha value is -1.90. The molecule has 3 aromatic rings. The molecular weight excluding hydrogens is 367 g/mol. The first-order valence-electron chi connectivity index (χ1n) is 7.76. The molecule has 0 saturated carbocycles. The van der Waals surface area contributed by atoms with Crippen LogP contribution in [0, 0.1) is 5.82 Å². The van der Waals surface area contributed by atoms with Crippen molar-refractivity contribution in [3.63, 3.8) is 0 Å². The zero-order chi connectivity index (χ0) is 18.2. The number of fused-ring (bicyclic) bond motifs is 1. The van der Waals surface area contributed by atoms with Crippen LogP contribution in [0.5, 0.6) is 0 Å². The summed E-state index contributed by atoms with van der Waals surface area (Å²) in [6.45, 7) is 4.08. The Morgan fingerprint density at radius 3 is 2.84 bits per heavy atom. The first kappa shape index (κ1) is 17.9. The van der Waals surface area contributed by atoms with Crippen LogP contribution in [0.2, 0.25) is 5.02 Å². The summed E-state index contributed by atoms with van der Waals surface area (Å²) < 4.78 is 42.3. The van der Waals surface area contributed by atoms with Crippen LogP contribution in [0.15, 0.2) is 35.9 Å². The number of sulfonamides is 1. The summed E-state index contributed by atoms with van der Waals surface area (Å²) in [5.74, 6) is -0.496. The summed E-state index contributed by atoms with van der Waals surface area (Å²) in [5, 5.41) is 0.799. The minimum Gasteiger partial charge on any atom is -0.361 e. The summed E-state index contributed by atoms with van der Waals surface area (Å²) >= 11 is 5.82. The molecule has 0 aliphatic rings. The Kier molecular flexibility index (Phi) is 4.86. The van der Waals surface area contributed by atoms with Gasteiger partial charge in [-0.05, 0) is 38.0 Å². The number of aromatic amines is 1. The van der Waals surface area contributed by atoms with Gasteiger partial charge in [0.05, 0.1) is 11.3 Å². The van der Waals surface area contributed by atoms with Gasteiger partial charge in [0, 0.05) is 35.9 Å². The Balaban J connectivity index is 1.71. The number of aromatic nitrogens is 3. The third-order valence-corrected chi connectivity index (χ3v) is 5.58. The number of nitrogens with zero attached hydrogens (tertiary/aromatic N) is 2. The molecule has 2 N–H and O–H groups in total. The molecule has 0 aliphatic heterocycles. The lowest BCUT2D eigenvalue weighted by Gasteiger charge is -2.05. The molecule has 0 bridgehead atoms. The van der Waals surface area contributed by atoms with Gasteiger partial charge in [-0.3, -0.25) is 0 Å². The molecule has 0 atom stereocenters. The molecule has 6 nitrogen and oxygen atoms in total. The normalized spacial score (nSPS) is 12.4. The average Bonchev–Trinajstić information content (AvgIpc) is 3.16. The SMILES string of the molecule is CC(C)n1cnc(S(=O)(=O)NCCc2c[nH]c3cc(F)c(Cl)cc23)c1. The maximum absolute atomic E-state index is 13.5. The Morgan fingerprint density at radius 2 is 2.16 bits per heavy atom. The van der Waals surface area contributed by atoms with Gasteiger partial charge in [0.15, 0.2) is 5.03 Å². The van der Waals surface area contributed by atoms with Crippen molar-refractivity contribution in [3.8, 4) is 0 Å². The Bertz CT molecular complexity index is 1010. The summed E-state index contributed by atoms with van der Waals surface area (Å²) in [5.41, 5.74) is 1.47. The number of nitrogens with one attached hydrogen (secondary N) is 2. The first-order chi connectivity index (χ1) is 11.8. The van der Waals surface area contributed by atoms with Gasteiger partial charge in [-0.2, -0.15) is 0 Å². The number of hydrogen-bond acceptors (Lipinski definition) is 3. The van der Waals surface area contributed by atoms with Crippen molar-refractivity contribution in [2.75, 3.05) is 6.54 Å². The maximum atomic E-state index is 13.5. The van der Waals surface area contributed by atoms with Crippen LogP contribution < -0.4 is 4.72 Å². The van der Waals surface area contributed by atoms with E-state index in [0.717, 1.165) is 10.9 Å². The van der Waals surface area contributed by atoms with Crippen LogP contribution in [0.3, 0.4) is 0 Å². The molecular formula is C16H18ClFN4O2S. The molecule has 1 aromatic carbocycles. The van der Waals surface area contributed by atoms with Crippen LogP contribution in [-0.2, 0) is 16.4 Å². The highest BCUT2D eigenvalue weighted by Crippen LogP contribution is 2.25. The highest BCUT2D eigenvalue weighted by molar-refractivity contribution is 7.89. The minimum absolute atomic E-state index is 0.00904. The van der Waals surface area contributed by atoms with Crippen LogP contribution in [0.25, 0.3) is 10.9 Å². The van der Waals surface area contributed by atoms with Crippen LogP contribution >= 0.6 is 11.6 Å². The molecule has 2 heterocycles. The second-order valence-corrected chi connectivity index (χ2v) is 8.15. The summed E-state index contributed by atoms with van der Waals surface area (Å²) in [6.07, 6.45) is 5.16. The molecule has 0 saturated heterocycles. The Labute approximate surface area is 150 Å². The minimum atomic E-state index is -3.67. The number of hydrogen-bond donors (Lipinski definition) is 2. The topological polar surface area (TPSA) is 79.8 Å². The van der Waals surface area contributed by atoms with E-state index in [4.69, 9.17) is 11.6 Å². The standard InChI is InChI=1S/C16H18ClFN4O2S/c1-10(2)22-8-16(20-9-22)25(23,24)21-4-3-11-7-19-15-6-14(18)13(17)5-12(11)15/h5-10,19,21H,3-4H2,1-2H3. The lowest BCUT2D eigenvalue weighted by atomic mass is 10.1. The number of rotatable bonds is 6. The van der Waals surface area contributed by atoms with Gasteiger partial charge >= 0.3 is 0 Å². The molecule has 0 amide bonds. The third kappa shape index (κ3) is 3.70. The lowest BCUT2D eigenvalue weighted by molar-refractivity contribution is 0.576. The zero-order valence-corrected chi connectivity index (χ0v) is 15.3. The predicted octanol–water partition coefficient (Wildman–Crippen LogP) is 3.26. The molecule has 0 unspecified atom stereocenters. The smallest absolute Gasteiger partial charge is 0.259 e.